The Morgan fingerprint density at radius 1 is 1.26 bits per heavy atom. The van der Waals surface area contributed by atoms with Crippen molar-refractivity contribution in [3.05, 3.63) is 18.2 Å². The van der Waals surface area contributed by atoms with Crippen LogP contribution in [0.25, 0.3) is 0 Å². The number of hydrogen-bond acceptors (Lipinski definition) is 4. The Morgan fingerprint density at radius 3 is 2.84 bits per heavy atom. The normalized spacial score (nSPS) is 26.0. The van der Waals surface area contributed by atoms with Gasteiger partial charge in [0.15, 0.2) is 11.5 Å². The predicted molar refractivity (Wildman–Crippen MR) is 76.0 cm³/mol. The third-order valence-corrected chi connectivity index (χ3v) is 4.00. The number of hydrogen-bond donors (Lipinski definition) is 1. The van der Waals surface area contributed by atoms with Gasteiger partial charge in [-0.1, -0.05) is 13.8 Å². The molecule has 19 heavy (non-hydrogen) atoms. The van der Waals surface area contributed by atoms with Gasteiger partial charge in [-0.05, 0) is 25.0 Å². The van der Waals surface area contributed by atoms with Gasteiger partial charge in [0, 0.05) is 36.9 Å². The quantitative estimate of drug-likeness (QED) is 0.886. The SMILES string of the molecule is CC1CN(c2ccc3c(c2)OCO3)C(C(C)C)CN1. The summed E-state index contributed by atoms with van der Waals surface area (Å²) in [5.41, 5.74) is 1.23. The molecule has 1 fully saturated rings. The summed E-state index contributed by atoms with van der Waals surface area (Å²) in [6.45, 7) is 9.20. The minimum absolute atomic E-state index is 0.338. The van der Waals surface area contributed by atoms with Crippen LogP contribution >= 0.6 is 0 Å². The van der Waals surface area contributed by atoms with E-state index in [1.807, 2.05) is 6.07 Å². The van der Waals surface area contributed by atoms with Crippen molar-refractivity contribution in [1.29, 1.82) is 0 Å². The van der Waals surface area contributed by atoms with Crippen LogP contribution in [-0.4, -0.2) is 32.0 Å². The van der Waals surface area contributed by atoms with E-state index in [9.17, 15) is 0 Å². The highest BCUT2D eigenvalue weighted by molar-refractivity contribution is 5.58. The van der Waals surface area contributed by atoms with Crippen LogP contribution in [-0.2, 0) is 0 Å². The Labute approximate surface area is 114 Å². The first kappa shape index (κ1) is 12.6. The molecule has 2 aliphatic rings. The molecule has 2 heterocycles. The van der Waals surface area contributed by atoms with Gasteiger partial charge in [-0.25, -0.2) is 0 Å². The lowest BCUT2D eigenvalue weighted by molar-refractivity contribution is 0.174. The van der Waals surface area contributed by atoms with Gasteiger partial charge in [0.25, 0.3) is 0 Å². The second-order valence-electron chi connectivity index (χ2n) is 5.81. The zero-order valence-corrected chi connectivity index (χ0v) is 11.8. The molecule has 0 saturated carbocycles. The molecule has 1 saturated heterocycles. The lowest BCUT2D eigenvalue weighted by Gasteiger charge is -2.43. The van der Waals surface area contributed by atoms with Crippen LogP contribution in [0.1, 0.15) is 20.8 Å². The fourth-order valence-electron chi connectivity index (χ4n) is 2.88. The van der Waals surface area contributed by atoms with Gasteiger partial charge < -0.3 is 19.7 Å². The summed E-state index contributed by atoms with van der Waals surface area (Å²) in [5.74, 6) is 2.34. The first-order valence-electron chi connectivity index (χ1n) is 7.05. The second kappa shape index (κ2) is 4.93. The van der Waals surface area contributed by atoms with E-state index in [1.54, 1.807) is 0 Å². The van der Waals surface area contributed by atoms with E-state index in [4.69, 9.17) is 9.47 Å². The molecule has 104 valence electrons. The lowest BCUT2D eigenvalue weighted by Crippen LogP contribution is -2.57. The van der Waals surface area contributed by atoms with Crippen molar-refractivity contribution >= 4 is 5.69 Å². The predicted octanol–water partition coefficient (Wildman–Crippen LogP) is 2.24. The van der Waals surface area contributed by atoms with Crippen LogP contribution < -0.4 is 19.7 Å². The summed E-state index contributed by atoms with van der Waals surface area (Å²) in [6.07, 6.45) is 0. The first-order valence-corrected chi connectivity index (χ1v) is 7.05. The molecule has 4 nitrogen and oxygen atoms in total. The zero-order valence-electron chi connectivity index (χ0n) is 11.8. The molecule has 0 spiro atoms. The van der Waals surface area contributed by atoms with Crippen LogP contribution in [0.5, 0.6) is 11.5 Å². The van der Waals surface area contributed by atoms with Crippen LogP contribution in [0, 0.1) is 5.92 Å². The molecule has 1 aromatic rings. The Kier molecular flexibility index (Phi) is 3.27. The molecule has 2 aliphatic heterocycles. The molecule has 0 aromatic heterocycles. The van der Waals surface area contributed by atoms with Crippen molar-refractivity contribution in [2.24, 2.45) is 5.92 Å². The topological polar surface area (TPSA) is 33.7 Å². The average Bonchev–Trinajstić information content (AvgIpc) is 2.85. The molecular weight excluding hydrogens is 240 g/mol. The first-order chi connectivity index (χ1) is 9.15. The summed E-state index contributed by atoms with van der Waals surface area (Å²) in [6, 6.07) is 7.30. The van der Waals surface area contributed by atoms with Crippen LogP contribution in [0.3, 0.4) is 0 Å². The third-order valence-electron chi connectivity index (χ3n) is 4.00. The number of ether oxygens (including phenoxy) is 2. The Morgan fingerprint density at radius 2 is 2.05 bits per heavy atom. The van der Waals surface area contributed by atoms with E-state index in [-0.39, 0.29) is 0 Å². The van der Waals surface area contributed by atoms with Crippen molar-refractivity contribution in [3.63, 3.8) is 0 Å². The molecule has 1 aromatic carbocycles. The van der Waals surface area contributed by atoms with E-state index >= 15 is 0 Å². The largest absolute Gasteiger partial charge is 0.454 e. The Balaban J connectivity index is 1.89. The molecule has 0 aliphatic carbocycles. The van der Waals surface area contributed by atoms with Gasteiger partial charge in [-0.15, -0.1) is 0 Å². The highest BCUT2D eigenvalue weighted by atomic mass is 16.7. The van der Waals surface area contributed by atoms with E-state index in [2.05, 4.69) is 43.1 Å². The van der Waals surface area contributed by atoms with E-state index < -0.39 is 0 Å². The van der Waals surface area contributed by atoms with Gasteiger partial charge in [0.1, 0.15) is 0 Å². The zero-order chi connectivity index (χ0) is 13.4. The second-order valence-corrected chi connectivity index (χ2v) is 5.81. The lowest BCUT2D eigenvalue weighted by atomic mass is 9.98. The number of anilines is 1. The maximum Gasteiger partial charge on any atom is 0.231 e. The van der Waals surface area contributed by atoms with Crippen LogP contribution in [0.2, 0.25) is 0 Å². The maximum atomic E-state index is 5.49. The Hall–Kier alpha value is -1.42. The maximum absolute atomic E-state index is 5.49. The number of fused-ring (bicyclic) bond motifs is 1. The fourth-order valence-corrected chi connectivity index (χ4v) is 2.88. The molecule has 0 radical (unpaired) electrons. The highest BCUT2D eigenvalue weighted by Gasteiger charge is 2.29. The van der Waals surface area contributed by atoms with E-state index in [0.29, 0.717) is 24.8 Å². The van der Waals surface area contributed by atoms with Crippen molar-refractivity contribution in [2.75, 3.05) is 24.8 Å². The Bertz CT molecular complexity index is 461. The molecule has 2 atom stereocenters. The van der Waals surface area contributed by atoms with Crippen molar-refractivity contribution in [3.8, 4) is 11.5 Å². The fraction of sp³-hybridized carbons (Fsp3) is 0.600. The standard InChI is InChI=1S/C15H22N2O2/c1-10(2)13-7-16-11(3)8-17(13)12-4-5-14-15(6-12)19-9-18-14/h4-6,10-11,13,16H,7-9H2,1-3H3. The molecule has 0 bridgehead atoms. The minimum Gasteiger partial charge on any atom is -0.454 e. The minimum atomic E-state index is 0.338. The number of nitrogens with zero attached hydrogens (tertiary/aromatic N) is 1. The molecule has 2 unspecified atom stereocenters. The summed E-state index contributed by atoms with van der Waals surface area (Å²) in [5, 5.41) is 3.57. The summed E-state index contributed by atoms with van der Waals surface area (Å²) in [7, 11) is 0. The van der Waals surface area contributed by atoms with Crippen molar-refractivity contribution in [1.82, 2.24) is 5.32 Å². The summed E-state index contributed by atoms with van der Waals surface area (Å²) in [4.78, 5) is 2.49. The average molecular weight is 262 g/mol. The van der Waals surface area contributed by atoms with Gasteiger partial charge in [-0.3, -0.25) is 0 Å². The number of piperazine rings is 1. The third kappa shape index (κ3) is 2.37. The number of benzene rings is 1. The van der Waals surface area contributed by atoms with E-state index in [1.165, 1.54) is 5.69 Å². The number of rotatable bonds is 2. The van der Waals surface area contributed by atoms with E-state index in [0.717, 1.165) is 24.6 Å². The van der Waals surface area contributed by atoms with Crippen molar-refractivity contribution in [2.45, 2.75) is 32.9 Å². The van der Waals surface area contributed by atoms with Gasteiger partial charge in [0.05, 0.1) is 0 Å². The molecular formula is C15H22N2O2. The monoisotopic (exact) mass is 262 g/mol. The molecule has 0 amide bonds. The van der Waals surface area contributed by atoms with Crippen LogP contribution in [0.4, 0.5) is 5.69 Å². The molecule has 4 heteroatoms. The van der Waals surface area contributed by atoms with Gasteiger partial charge in [0.2, 0.25) is 6.79 Å². The summed E-state index contributed by atoms with van der Waals surface area (Å²) >= 11 is 0. The smallest absolute Gasteiger partial charge is 0.231 e. The molecule has 1 N–H and O–H groups in total. The highest BCUT2D eigenvalue weighted by Crippen LogP contribution is 2.36. The molecule has 3 rings (SSSR count). The van der Waals surface area contributed by atoms with Crippen molar-refractivity contribution < 1.29 is 9.47 Å². The van der Waals surface area contributed by atoms with Crippen LogP contribution in [0.15, 0.2) is 18.2 Å². The summed E-state index contributed by atoms with van der Waals surface area (Å²) < 4.78 is 10.9. The number of nitrogens with one attached hydrogen (secondary N) is 1. The van der Waals surface area contributed by atoms with Gasteiger partial charge >= 0.3 is 0 Å². The van der Waals surface area contributed by atoms with Gasteiger partial charge in [-0.2, -0.15) is 0 Å².